The van der Waals surface area contributed by atoms with Gasteiger partial charge >= 0.3 is 6.09 Å². The van der Waals surface area contributed by atoms with E-state index in [1.54, 1.807) is 18.7 Å². The molecule has 0 radical (unpaired) electrons. The number of pyridine rings is 1. The van der Waals surface area contributed by atoms with E-state index in [4.69, 9.17) is 0 Å². The predicted molar refractivity (Wildman–Crippen MR) is 136 cm³/mol. The Kier molecular flexibility index (Phi) is 5.66. The molecule has 10 heteroatoms. The Morgan fingerprint density at radius 2 is 1.91 bits per heavy atom. The van der Waals surface area contributed by atoms with E-state index in [9.17, 15) is 23.1 Å². The summed E-state index contributed by atoms with van der Waals surface area (Å²) in [6.07, 6.45) is 7.31. The van der Waals surface area contributed by atoms with Gasteiger partial charge in [-0.25, -0.2) is 13.2 Å². The van der Waals surface area contributed by atoms with E-state index < -0.39 is 15.9 Å². The summed E-state index contributed by atoms with van der Waals surface area (Å²) in [7, 11) is 0.142. The first-order chi connectivity index (χ1) is 16.5. The van der Waals surface area contributed by atoms with Gasteiger partial charge in [-0.2, -0.15) is 0 Å². The van der Waals surface area contributed by atoms with Crippen LogP contribution in [0.1, 0.15) is 36.8 Å². The molecule has 1 aliphatic carbocycles. The first-order valence-electron chi connectivity index (χ1n) is 11.8. The van der Waals surface area contributed by atoms with E-state index in [0.29, 0.717) is 17.6 Å². The second-order valence-corrected chi connectivity index (χ2v) is 12.1. The number of nitrogens with one attached hydrogen (secondary N) is 1. The normalized spacial score (nSPS) is 19.9. The Morgan fingerprint density at radius 1 is 1.20 bits per heavy atom. The first kappa shape index (κ1) is 23.5. The summed E-state index contributed by atoms with van der Waals surface area (Å²) in [5, 5.41) is 10.3. The summed E-state index contributed by atoms with van der Waals surface area (Å²) in [6.45, 7) is 0.614. The van der Waals surface area contributed by atoms with Crippen molar-refractivity contribution in [2.24, 2.45) is 7.05 Å². The van der Waals surface area contributed by atoms with Crippen molar-refractivity contribution in [1.82, 2.24) is 14.5 Å². The van der Waals surface area contributed by atoms with Crippen molar-refractivity contribution in [2.45, 2.75) is 50.1 Å². The monoisotopic (exact) mass is 498 g/mol. The molecule has 1 aliphatic heterocycles. The van der Waals surface area contributed by atoms with Crippen LogP contribution in [-0.4, -0.2) is 59.5 Å². The second kappa shape index (κ2) is 8.44. The number of hydrogen-bond donors (Lipinski definition) is 2. The molecule has 0 atom stereocenters. The van der Waals surface area contributed by atoms with Gasteiger partial charge in [0.25, 0.3) is 5.56 Å². The van der Waals surface area contributed by atoms with Crippen LogP contribution >= 0.6 is 0 Å². The van der Waals surface area contributed by atoms with Gasteiger partial charge in [0.1, 0.15) is 5.52 Å². The van der Waals surface area contributed by atoms with Crippen LogP contribution in [-0.2, 0) is 29.2 Å². The Morgan fingerprint density at radius 3 is 2.57 bits per heavy atom. The van der Waals surface area contributed by atoms with Crippen LogP contribution in [0.2, 0.25) is 0 Å². The number of sulfone groups is 1. The van der Waals surface area contributed by atoms with Gasteiger partial charge in [0.15, 0.2) is 9.84 Å². The molecule has 3 aromatic rings. The maximum atomic E-state index is 12.8. The van der Waals surface area contributed by atoms with Crippen LogP contribution in [0.25, 0.3) is 22.0 Å². The lowest BCUT2D eigenvalue weighted by Crippen LogP contribution is -2.44. The summed E-state index contributed by atoms with van der Waals surface area (Å²) >= 11 is 0. The third-order valence-corrected chi connectivity index (χ3v) is 8.33. The lowest BCUT2D eigenvalue weighted by atomic mass is 9.88. The smallest absolute Gasteiger partial charge is 0.407 e. The zero-order valence-electron chi connectivity index (χ0n) is 20.1. The maximum absolute atomic E-state index is 12.8. The minimum absolute atomic E-state index is 0.00516. The maximum Gasteiger partial charge on any atom is 0.407 e. The highest BCUT2D eigenvalue weighted by Gasteiger charge is 2.33. The zero-order chi connectivity index (χ0) is 25.1. The largest absolute Gasteiger partial charge is 0.465 e. The summed E-state index contributed by atoms with van der Waals surface area (Å²) in [4.78, 5) is 31.2. The van der Waals surface area contributed by atoms with Crippen molar-refractivity contribution in [3.8, 4) is 11.1 Å². The number of carbonyl (C=O) groups is 1. The number of carboxylic acid groups (broad SMARTS) is 1. The number of aromatic nitrogens is 2. The Labute approximate surface area is 203 Å². The highest BCUT2D eigenvalue weighted by molar-refractivity contribution is 7.89. The van der Waals surface area contributed by atoms with Crippen molar-refractivity contribution in [3.63, 3.8) is 0 Å². The molecule has 0 unspecified atom stereocenters. The highest BCUT2D eigenvalue weighted by atomic mass is 32.2. The number of rotatable bonds is 4. The Bertz CT molecular complexity index is 1480. The van der Waals surface area contributed by atoms with Crippen LogP contribution in [0, 0.1) is 0 Å². The second-order valence-electron chi connectivity index (χ2n) is 9.93. The molecule has 1 aromatic carbocycles. The molecular weight excluding hydrogens is 468 g/mol. The van der Waals surface area contributed by atoms with Crippen LogP contribution in [0.15, 0.2) is 35.4 Å². The minimum Gasteiger partial charge on any atom is -0.465 e. The number of aromatic amines is 1. The molecule has 5 rings (SSSR count). The Balaban J connectivity index is 1.61. The van der Waals surface area contributed by atoms with E-state index in [1.165, 1.54) is 11.2 Å². The lowest BCUT2D eigenvalue weighted by Gasteiger charge is -2.40. The first-order valence-corrected chi connectivity index (χ1v) is 13.8. The summed E-state index contributed by atoms with van der Waals surface area (Å²) < 4.78 is 25.6. The summed E-state index contributed by atoms with van der Waals surface area (Å²) in [5.41, 5.74) is 5.01. The predicted octanol–water partition coefficient (Wildman–Crippen LogP) is 3.32. The average Bonchev–Trinajstić information content (AvgIpc) is 3.17. The number of H-pyrrole nitrogens is 1. The van der Waals surface area contributed by atoms with Gasteiger partial charge in [0.05, 0.1) is 5.75 Å². The van der Waals surface area contributed by atoms with Gasteiger partial charge in [-0.15, -0.1) is 0 Å². The van der Waals surface area contributed by atoms with Gasteiger partial charge in [-0.3, -0.25) is 4.79 Å². The van der Waals surface area contributed by atoms with Gasteiger partial charge in [0.2, 0.25) is 0 Å². The molecule has 1 fully saturated rings. The minimum atomic E-state index is -3.21. The standard InChI is InChI=1S/C25H30N4O5S/c1-27-13-20-19-10-15(14-35(3,33)34)4-9-21(19)29(12-16-11-26-23(22(16)20)24(27)30)18-7-5-17(6-8-18)28(2)25(31)32/h4,9-11,13,17-18,26H,5-8,12,14H2,1-3H3,(H,31,32)/t17-,18-. The fourth-order valence-corrected chi connectivity index (χ4v) is 6.50. The number of hydrogen-bond acceptors (Lipinski definition) is 5. The molecule has 1 saturated carbocycles. The van der Waals surface area contributed by atoms with Gasteiger partial charge < -0.3 is 24.5 Å². The molecular formula is C25H30N4O5S. The number of amides is 1. The van der Waals surface area contributed by atoms with E-state index in [2.05, 4.69) is 9.88 Å². The van der Waals surface area contributed by atoms with Gasteiger partial charge in [0, 0.05) is 73.6 Å². The summed E-state index contributed by atoms with van der Waals surface area (Å²) in [5.74, 6) is -0.0538. The molecule has 3 heterocycles. The molecule has 0 saturated heterocycles. The van der Waals surface area contributed by atoms with Crippen molar-refractivity contribution in [2.75, 3.05) is 18.2 Å². The highest BCUT2D eigenvalue weighted by Crippen LogP contribution is 2.43. The number of anilines is 1. The molecule has 0 spiro atoms. The average molecular weight is 499 g/mol. The summed E-state index contributed by atoms with van der Waals surface area (Å²) in [6, 6.07) is 6.02. The molecule has 2 aliphatic rings. The number of fused-ring (bicyclic) bond motifs is 2. The van der Waals surface area contributed by atoms with Crippen molar-refractivity contribution < 1.29 is 18.3 Å². The molecule has 1 amide bonds. The van der Waals surface area contributed by atoms with Crippen molar-refractivity contribution in [1.29, 1.82) is 0 Å². The Hall–Kier alpha value is -3.27. The number of benzene rings is 1. The third-order valence-electron chi connectivity index (χ3n) is 7.47. The molecule has 0 bridgehead atoms. The topological polar surface area (TPSA) is 116 Å². The van der Waals surface area contributed by atoms with Gasteiger partial charge in [-0.05, 0) is 48.9 Å². The molecule has 2 N–H and O–H groups in total. The van der Waals surface area contributed by atoms with Crippen LogP contribution in [0.5, 0.6) is 0 Å². The fraction of sp³-hybridized carbons (Fsp3) is 0.440. The van der Waals surface area contributed by atoms with Crippen LogP contribution in [0.3, 0.4) is 0 Å². The zero-order valence-corrected chi connectivity index (χ0v) is 20.9. The molecule has 2 aromatic heterocycles. The van der Waals surface area contributed by atoms with E-state index >= 15 is 0 Å². The number of aryl methyl sites for hydroxylation is 1. The van der Waals surface area contributed by atoms with Crippen LogP contribution in [0.4, 0.5) is 10.5 Å². The molecule has 9 nitrogen and oxygen atoms in total. The van der Waals surface area contributed by atoms with Crippen LogP contribution < -0.4 is 10.5 Å². The fourth-order valence-electron chi connectivity index (χ4n) is 5.71. The molecule has 35 heavy (non-hydrogen) atoms. The SMILES string of the molecule is Cn1cc2c3c(c[nH]c3c1=O)CN([C@H]1CC[C@H](N(C)C(=O)O)CC1)c1ccc(CS(C)(=O)=O)cc1-2. The quantitative estimate of drug-likeness (QED) is 0.570. The van der Waals surface area contributed by atoms with E-state index in [1.807, 2.05) is 30.6 Å². The van der Waals surface area contributed by atoms with Gasteiger partial charge in [-0.1, -0.05) is 6.07 Å². The number of nitrogens with zero attached hydrogens (tertiary/aromatic N) is 3. The van der Waals surface area contributed by atoms with Crippen molar-refractivity contribution in [3.05, 3.63) is 52.1 Å². The van der Waals surface area contributed by atoms with E-state index in [0.717, 1.165) is 53.4 Å². The van der Waals surface area contributed by atoms with Crippen molar-refractivity contribution >= 4 is 32.5 Å². The molecule has 186 valence electrons. The lowest BCUT2D eigenvalue weighted by molar-refractivity contribution is 0.123. The third kappa shape index (κ3) is 4.20. The van der Waals surface area contributed by atoms with E-state index in [-0.39, 0.29) is 23.4 Å².